The van der Waals surface area contributed by atoms with Crippen molar-refractivity contribution in [1.82, 2.24) is 10.3 Å². The number of nitrogens with zero attached hydrogens (tertiary/aromatic N) is 2. The molecule has 0 radical (unpaired) electrons. The zero-order valence-electron chi connectivity index (χ0n) is 14.2. The van der Waals surface area contributed by atoms with Gasteiger partial charge in [-0.2, -0.15) is 0 Å². The largest absolute Gasteiger partial charge is 0.375 e. The van der Waals surface area contributed by atoms with E-state index in [0.717, 1.165) is 36.6 Å². The molecular weight excluding hydrogens is 338 g/mol. The van der Waals surface area contributed by atoms with E-state index in [1.54, 1.807) is 6.07 Å². The quantitative estimate of drug-likeness (QED) is 0.892. The maximum absolute atomic E-state index is 12.1. The van der Waals surface area contributed by atoms with Gasteiger partial charge >= 0.3 is 0 Å². The predicted molar refractivity (Wildman–Crippen MR) is 98.9 cm³/mol. The maximum Gasteiger partial charge on any atom is 0.224 e. The number of anilines is 1. The van der Waals surface area contributed by atoms with Crippen molar-refractivity contribution in [3.63, 3.8) is 0 Å². The van der Waals surface area contributed by atoms with Gasteiger partial charge in [-0.15, -0.1) is 0 Å². The molecule has 0 aliphatic carbocycles. The number of aromatic nitrogens is 1. The Morgan fingerprint density at radius 2 is 2.20 bits per heavy atom. The summed E-state index contributed by atoms with van der Waals surface area (Å²) in [6.45, 7) is 4.94. The van der Waals surface area contributed by atoms with Crippen molar-refractivity contribution in [3.8, 4) is 0 Å². The van der Waals surface area contributed by atoms with Gasteiger partial charge in [-0.05, 0) is 30.2 Å². The van der Waals surface area contributed by atoms with Crippen molar-refractivity contribution in [2.45, 2.75) is 26.0 Å². The van der Waals surface area contributed by atoms with Crippen LogP contribution in [0.15, 0.2) is 42.6 Å². The molecule has 6 heteroatoms. The minimum atomic E-state index is -0.0563. The zero-order valence-corrected chi connectivity index (χ0v) is 15.0. The topological polar surface area (TPSA) is 54.5 Å². The molecule has 2 aromatic rings. The van der Waals surface area contributed by atoms with Gasteiger partial charge in [-0.1, -0.05) is 35.9 Å². The summed E-state index contributed by atoms with van der Waals surface area (Å²) in [6, 6.07) is 11.4. The highest BCUT2D eigenvalue weighted by atomic mass is 35.5. The molecular formula is C19H22ClN3O2. The highest BCUT2D eigenvalue weighted by Crippen LogP contribution is 2.16. The predicted octanol–water partition coefficient (Wildman–Crippen LogP) is 2.82. The molecule has 1 fully saturated rings. The van der Waals surface area contributed by atoms with Gasteiger partial charge in [0.05, 0.1) is 19.1 Å². The Morgan fingerprint density at radius 3 is 2.92 bits per heavy atom. The van der Waals surface area contributed by atoms with E-state index in [1.165, 1.54) is 0 Å². The highest BCUT2D eigenvalue weighted by molar-refractivity contribution is 6.31. The first-order valence-corrected chi connectivity index (χ1v) is 8.81. The first-order chi connectivity index (χ1) is 12.1. The first-order valence-electron chi connectivity index (χ1n) is 8.43. The van der Waals surface area contributed by atoms with Crippen LogP contribution in [0.4, 0.5) is 5.82 Å². The third-order valence-corrected chi connectivity index (χ3v) is 4.54. The van der Waals surface area contributed by atoms with Gasteiger partial charge in [0.15, 0.2) is 0 Å². The van der Waals surface area contributed by atoms with Gasteiger partial charge < -0.3 is 15.0 Å². The molecule has 25 heavy (non-hydrogen) atoms. The Hall–Kier alpha value is -2.11. The van der Waals surface area contributed by atoms with Crippen LogP contribution in [0.25, 0.3) is 0 Å². The average Bonchev–Trinajstić information content (AvgIpc) is 2.62. The number of carbonyl (C=O) groups is 1. The van der Waals surface area contributed by atoms with Crippen molar-refractivity contribution in [3.05, 3.63) is 58.7 Å². The Kier molecular flexibility index (Phi) is 5.89. The molecule has 1 aromatic heterocycles. The van der Waals surface area contributed by atoms with Crippen LogP contribution in [0.5, 0.6) is 0 Å². The third kappa shape index (κ3) is 4.94. The van der Waals surface area contributed by atoms with Crippen molar-refractivity contribution in [1.29, 1.82) is 0 Å². The molecule has 1 aliphatic heterocycles. The average molecular weight is 360 g/mol. The van der Waals surface area contributed by atoms with E-state index >= 15 is 0 Å². The number of nitrogens with one attached hydrogen (secondary N) is 1. The number of halogens is 1. The number of benzene rings is 1. The van der Waals surface area contributed by atoms with E-state index < -0.39 is 0 Å². The van der Waals surface area contributed by atoms with Crippen LogP contribution in [0, 0.1) is 0 Å². The van der Waals surface area contributed by atoms with Crippen molar-refractivity contribution >= 4 is 23.3 Å². The number of pyridine rings is 1. The SMILES string of the molecule is CC1CN(c2ccc(CNC(=O)Cc3ccccc3Cl)cn2)CCO1. The van der Waals surface area contributed by atoms with E-state index in [1.807, 2.05) is 36.5 Å². The molecule has 1 unspecified atom stereocenters. The lowest BCUT2D eigenvalue weighted by atomic mass is 10.1. The maximum atomic E-state index is 12.1. The monoisotopic (exact) mass is 359 g/mol. The fourth-order valence-electron chi connectivity index (χ4n) is 2.81. The van der Waals surface area contributed by atoms with E-state index in [2.05, 4.69) is 22.1 Å². The molecule has 132 valence electrons. The molecule has 0 spiro atoms. The van der Waals surface area contributed by atoms with Crippen molar-refractivity contribution < 1.29 is 9.53 Å². The van der Waals surface area contributed by atoms with Crippen LogP contribution in [0.3, 0.4) is 0 Å². The number of morpholine rings is 1. The summed E-state index contributed by atoms with van der Waals surface area (Å²) in [6.07, 6.45) is 2.31. The number of carbonyl (C=O) groups excluding carboxylic acids is 1. The van der Waals surface area contributed by atoms with E-state index in [-0.39, 0.29) is 18.4 Å². The molecule has 1 aromatic carbocycles. The summed E-state index contributed by atoms with van der Waals surface area (Å²) >= 11 is 6.08. The molecule has 0 bridgehead atoms. The molecule has 1 saturated heterocycles. The molecule has 3 rings (SSSR count). The lowest BCUT2D eigenvalue weighted by Crippen LogP contribution is -2.41. The summed E-state index contributed by atoms with van der Waals surface area (Å²) in [4.78, 5) is 18.8. The summed E-state index contributed by atoms with van der Waals surface area (Å²) in [7, 11) is 0. The number of rotatable bonds is 5. The number of hydrogen-bond donors (Lipinski definition) is 1. The van der Waals surface area contributed by atoms with Crippen LogP contribution in [-0.4, -0.2) is 36.7 Å². The summed E-state index contributed by atoms with van der Waals surface area (Å²) in [5, 5.41) is 3.52. The van der Waals surface area contributed by atoms with E-state index in [4.69, 9.17) is 16.3 Å². The lowest BCUT2D eigenvalue weighted by Gasteiger charge is -2.32. The van der Waals surface area contributed by atoms with Gasteiger partial charge in [0, 0.05) is 30.9 Å². The number of ether oxygens (including phenoxy) is 1. The van der Waals surface area contributed by atoms with Crippen LogP contribution in [0.1, 0.15) is 18.1 Å². The molecule has 1 amide bonds. The molecule has 5 nitrogen and oxygen atoms in total. The molecule has 1 aliphatic rings. The third-order valence-electron chi connectivity index (χ3n) is 4.17. The van der Waals surface area contributed by atoms with Crippen LogP contribution < -0.4 is 10.2 Å². The standard InChI is InChI=1S/C19H22ClN3O2/c1-14-13-23(8-9-25-14)18-7-6-15(11-21-18)12-22-19(24)10-16-4-2-3-5-17(16)20/h2-7,11,14H,8-10,12-13H2,1H3,(H,22,24). The van der Waals surface area contributed by atoms with Gasteiger partial charge in [-0.25, -0.2) is 4.98 Å². The molecule has 0 saturated carbocycles. The Balaban J connectivity index is 1.51. The second-order valence-corrected chi connectivity index (χ2v) is 6.60. The minimum absolute atomic E-state index is 0.0563. The van der Waals surface area contributed by atoms with Gasteiger partial charge in [0.1, 0.15) is 5.82 Å². The summed E-state index contributed by atoms with van der Waals surface area (Å²) in [5.41, 5.74) is 1.80. The minimum Gasteiger partial charge on any atom is -0.375 e. The van der Waals surface area contributed by atoms with Crippen molar-refractivity contribution in [2.24, 2.45) is 0 Å². The van der Waals surface area contributed by atoms with Crippen LogP contribution in [0.2, 0.25) is 5.02 Å². The zero-order chi connectivity index (χ0) is 17.6. The second-order valence-electron chi connectivity index (χ2n) is 6.20. The fourth-order valence-corrected chi connectivity index (χ4v) is 3.02. The fraction of sp³-hybridized carbons (Fsp3) is 0.368. The molecule has 2 heterocycles. The summed E-state index contributed by atoms with van der Waals surface area (Å²) < 4.78 is 5.55. The number of amides is 1. The smallest absolute Gasteiger partial charge is 0.224 e. The number of hydrogen-bond acceptors (Lipinski definition) is 4. The molecule has 1 atom stereocenters. The van der Waals surface area contributed by atoms with Crippen LogP contribution >= 0.6 is 11.6 Å². The lowest BCUT2D eigenvalue weighted by molar-refractivity contribution is -0.120. The van der Waals surface area contributed by atoms with Crippen molar-refractivity contribution in [2.75, 3.05) is 24.6 Å². The second kappa shape index (κ2) is 8.32. The first kappa shape index (κ1) is 17.7. The molecule has 1 N–H and O–H groups in total. The van der Waals surface area contributed by atoms with E-state index in [9.17, 15) is 4.79 Å². The van der Waals surface area contributed by atoms with E-state index in [0.29, 0.717) is 11.6 Å². The Bertz CT molecular complexity index is 721. The van der Waals surface area contributed by atoms with Gasteiger partial charge in [0.2, 0.25) is 5.91 Å². The normalized spacial score (nSPS) is 17.4. The Labute approximate surface area is 153 Å². The summed E-state index contributed by atoms with van der Waals surface area (Å²) in [5.74, 6) is 0.889. The van der Waals surface area contributed by atoms with Gasteiger partial charge in [0.25, 0.3) is 0 Å². The van der Waals surface area contributed by atoms with Crippen LogP contribution in [-0.2, 0) is 22.5 Å². The highest BCUT2D eigenvalue weighted by Gasteiger charge is 2.17. The van der Waals surface area contributed by atoms with Gasteiger partial charge in [-0.3, -0.25) is 4.79 Å². The Morgan fingerprint density at radius 1 is 1.36 bits per heavy atom.